The highest BCUT2D eigenvalue weighted by Crippen LogP contribution is 2.32. The van der Waals surface area contributed by atoms with Crippen LogP contribution in [0.3, 0.4) is 0 Å². The Labute approximate surface area is 117 Å². The molecular formula is C14H20F3NO2. The van der Waals surface area contributed by atoms with Crippen molar-refractivity contribution in [3.8, 4) is 5.75 Å². The van der Waals surface area contributed by atoms with Crippen molar-refractivity contribution in [2.45, 2.75) is 25.7 Å². The summed E-state index contributed by atoms with van der Waals surface area (Å²) < 4.78 is 46.4. The number of alkyl halides is 3. The molecule has 0 saturated carbocycles. The number of benzene rings is 1. The molecule has 0 radical (unpaired) electrons. The molecule has 0 fully saturated rings. The molecule has 0 aliphatic heterocycles. The number of para-hydroxylation sites is 1. The highest BCUT2D eigenvalue weighted by molar-refractivity contribution is 5.36. The van der Waals surface area contributed by atoms with E-state index < -0.39 is 6.36 Å². The lowest BCUT2D eigenvalue weighted by molar-refractivity contribution is -0.275. The van der Waals surface area contributed by atoms with Crippen LogP contribution in [0.15, 0.2) is 24.3 Å². The maximum Gasteiger partial charge on any atom is 0.573 e. The summed E-state index contributed by atoms with van der Waals surface area (Å²) in [7, 11) is 3.32. The van der Waals surface area contributed by atoms with Crippen LogP contribution in [0.2, 0.25) is 0 Å². The van der Waals surface area contributed by atoms with Crippen molar-refractivity contribution in [1.29, 1.82) is 0 Å². The van der Waals surface area contributed by atoms with Gasteiger partial charge in [-0.15, -0.1) is 13.2 Å². The molecule has 0 spiro atoms. The molecule has 3 nitrogen and oxygen atoms in total. The van der Waals surface area contributed by atoms with Crippen molar-refractivity contribution in [3.05, 3.63) is 29.8 Å². The van der Waals surface area contributed by atoms with E-state index in [9.17, 15) is 13.2 Å². The van der Waals surface area contributed by atoms with Gasteiger partial charge in [0.2, 0.25) is 0 Å². The molecule has 20 heavy (non-hydrogen) atoms. The molecule has 1 rings (SSSR count). The van der Waals surface area contributed by atoms with E-state index in [0.29, 0.717) is 18.6 Å². The van der Waals surface area contributed by atoms with Gasteiger partial charge in [0.25, 0.3) is 0 Å². The van der Waals surface area contributed by atoms with E-state index in [1.807, 2.05) is 6.92 Å². The van der Waals surface area contributed by atoms with Crippen molar-refractivity contribution in [2.24, 2.45) is 5.92 Å². The van der Waals surface area contributed by atoms with Gasteiger partial charge in [-0.2, -0.15) is 0 Å². The SMILES string of the molecule is CNC(CC(C)COC)c1ccccc1OC(F)(F)F. The Kier molecular flexibility index (Phi) is 6.29. The van der Waals surface area contributed by atoms with Gasteiger partial charge in [0.15, 0.2) is 0 Å². The normalized spacial score (nSPS) is 14.9. The topological polar surface area (TPSA) is 30.5 Å². The third kappa shape index (κ3) is 5.38. The molecule has 2 atom stereocenters. The smallest absolute Gasteiger partial charge is 0.405 e. The van der Waals surface area contributed by atoms with Crippen molar-refractivity contribution < 1.29 is 22.6 Å². The van der Waals surface area contributed by atoms with Gasteiger partial charge in [-0.05, 0) is 25.5 Å². The number of halogens is 3. The Hall–Kier alpha value is -1.27. The second-order valence-electron chi connectivity index (χ2n) is 4.72. The van der Waals surface area contributed by atoms with Gasteiger partial charge in [0, 0.05) is 25.3 Å². The maximum atomic E-state index is 12.4. The van der Waals surface area contributed by atoms with Crippen LogP contribution in [0.25, 0.3) is 0 Å². The van der Waals surface area contributed by atoms with Gasteiger partial charge in [0.05, 0.1) is 0 Å². The average molecular weight is 291 g/mol. The zero-order valence-electron chi connectivity index (χ0n) is 11.8. The van der Waals surface area contributed by atoms with Gasteiger partial charge in [0.1, 0.15) is 5.75 Å². The van der Waals surface area contributed by atoms with E-state index >= 15 is 0 Å². The highest BCUT2D eigenvalue weighted by atomic mass is 19.4. The second kappa shape index (κ2) is 7.50. The Balaban J connectivity index is 2.91. The van der Waals surface area contributed by atoms with E-state index in [2.05, 4.69) is 10.1 Å². The first kappa shape index (κ1) is 16.8. The largest absolute Gasteiger partial charge is 0.573 e. The lowest BCUT2D eigenvalue weighted by Gasteiger charge is -2.23. The minimum Gasteiger partial charge on any atom is -0.405 e. The summed E-state index contributed by atoms with van der Waals surface area (Å²) in [5, 5.41) is 3.03. The Morgan fingerprint density at radius 1 is 1.25 bits per heavy atom. The van der Waals surface area contributed by atoms with Crippen LogP contribution in [0, 0.1) is 5.92 Å². The fraction of sp³-hybridized carbons (Fsp3) is 0.571. The van der Waals surface area contributed by atoms with E-state index in [1.165, 1.54) is 12.1 Å². The molecule has 1 aromatic carbocycles. The fourth-order valence-corrected chi connectivity index (χ4v) is 2.14. The van der Waals surface area contributed by atoms with Crippen LogP contribution in [0.1, 0.15) is 24.9 Å². The molecular weight excluding hydrogens is 271 g/mol. The fourth-order valence-electron chi connectivity index (χ4n) is 2.14. The molecule has 0 amide bonds. The van der Waals surface area contributed by atoms with Crippen molar-refractivity contribution in [2.75, 3.05) is 20.8 Å². The molecule has 0 aliphatic rings. The predicted octanol–water partition coefficient (Wildman–Crippen LogP) is 3.52. The summed E-state index contributed by atoms with van der Waals surface area (Å²) in [5.74, 6) is 0.0559. The summed E-state index contributed by atoms with van der Waals surface area (Å²) in [6, 6.07) is 5.97. The predicted molar refractivity (Wildman–Crippen MR) is 70.6 cm³/mol. The van der Waals surface area contributed by atoms with Crippen LogP contribution in [0.5, 0.6) is 5.75 Å². The minimum atomic E-state index is -4.69. The van der Waals surface area contributed by atoms with Crippen molar-refractivity contribution in [1.82, 2.24) is 5.32 Å². The number of nitrogens with one attached hydrogen (secondary N) is 1. The average Bonchev–Trinajstić information content (AvgIpc) is 2.35. The molecule has 1 aromatic rings. The third-order valence-electron chi connectivity index (χ3n) is 2.96. The number of hydrogen-bond acceptors (Lipinski definition) is 3. The van der Waals surface area contributed by atoms with Crippen LogP contribution < -0.4 is 10.1 Å². The zero-order chi connectivity index (χ0) is 15.2. The summed E-state index contributed by atoms with van der Waals surface area (Å²) in [6.45, 7) is 2.54. The molecule has 2 unspecified atom stereocenters. The van der Waals surface area contributed by atoms with Crippen LogP contribution in [0.4, 0.5) is 13.2 Å². The quantitative estimate of drug-likeness (QED) is 0.834. The number of methoxy groups -OCH3 is 1. The zero-order valence-corrected chi connectivity index (χ0v) is 11.8. The van der Waals surface area contributed by atoms with E-state index in [0.717, 1.165) is 0 Å². The Morgan fingerprint density at radius 2 is 1.90 bits per heavy atom. The summed E-state index contributed by atoms with van der Waals surface area (Å²) in [6.07, 6.45) is -4.03. The van der Waals surface area contributed by atoms with Crippen LogP contribution >= 0.6 is 0 Å². The molecule has 0 saturated heterocycles. The first-order valence-corrected chi connectivity index (χ1v) is 6.38. The molecule has 0 bridgehead atoms. The molecule has 0 aliphatic carbocycles. The molecule has 0 aromatic heterocycles. The lowest BCUT2D eigenvalue weighted by atomic mass is 9.96. The van der Waals surface area contributed by atoms with E-state index in [4.69, 9.17) is 4.74 Å². The summed E-state index contributed by atoms with van der Waals surface area (Å²) in [5.41, 5.74) is 0.496. The standard InChI is InChI=1S/C14H20F3NO2/c1-10(9-19-3)8-12(18-2)11-6-4-5-7-13(11)20-14(15,16)17/h4-7,10,12,18H,8-9H2,1-3H3. The van der Waals surface area contributed by atoms with Gasteiger partial charge >= 0.3 is 6.36 Å². The van der Waals surface area contributed by atoms with Crippen molar-refractivity contribution in [3.63, 3.8) is 0 Å². The highest BCUT2D eigenvalue weighted by Gasteiger charge is 2.32. The van der Waals surface area contributed by atoms with Crippen molar-refractivity contribution >= 4 is 0 Å². The van der Waals surface area contributed by atoms with Gasteiger partial charge < -0.3 is 14.8 Å². The lowest BCUT2D eigenvalue weighted by Crippen LogP contribution is -2.24. The Morgan fingerprint density at radius 3 is 2.45 bits per heavy atom. The van der Waals surface area contributed by atoms with Crippen LogP contribution in [-0.4, -0.2) is 27.1 Å². The van der Waals surface area contributed by atoms with E-state index in [1.54, 1.807) is 26.3 Å². The monoisotopic (exact) mass is 291 g/mol. The summed E-state index contributed by atoms with van der Waals surface area (Å²) in [4.78, 5) is 0. The van der Waals surface area contributed by atoms with E-state index in [-0.39, 0.29) is 17.7 Å². The minimum absolute atomic E-state index is 0.163. The third-order valence-corrected chi connectivity index (χ3v) is 2.96. The Bertz CT molecular complexity index is 410. The van der Waals surface area contributed by atoms with Gasteiger partial charge in [-0.3, -0.25) is 0 Å². The first-order valence-electron chi connectivity index (χ1n) is 6.38. The van der Waals surface area contributed by atoms with Crippen LogP contribution in [-0.2, 0) is 4.74 Å². The van der Waals surface area contributed by atoms with Gasteiger partial charge in [-0.25, -0.2) is 0 Å². The number of hydrogen-bond donors (Lipinski definition) is 1. The van der Waals surface area contributed by atoms with Gasteiger partial charge in [-0.1, -0.05) is 25.1 Å². The summed E-state index contributed by atoms with van der Waals surface area (Å²) >= 11 is 0. The molecule has 1 N–H and O–H groups in total. The molecule has 0 heterocycles. The number of ether oxygens (including phenoxy) is 2. The first-order chi connectivity index (χ1) is 9.37. The molecule has 114 valence electrons. The maximum absolute atomic E-state index is 12.4. The number of rotatable bonds is 7. The second-order valence-corrected chi connectivity index (χ2v) is 4.72. The molecule has 6 heteroatoms.